The van der Waals surface area contributed by atoms with Crippen LogP contribution >= 0.6 is 0 Å². The van der Waals surface area contributed by atoms with Gasteiger partial charge in [-0.1, -0.05) is 6.07 Å². The monoisotopic (exact) mass is 268 g/mol. The van der Waals surface area contributed by atoms with Crippen molar-refractivity contribution in [1.82, 2.24) is 0 Å². The minimum atomic E-state index is -0.980. The second-order valence-electron chi connectivity index (χ2n) is 4.39. The Balaban J connectivity index is 2.92. The number of methoxy groups -OCH3 is 2. The van der Waals surface area contributed by atoms with Gasteiger partial charge in [0.05, 0.1) is 20.3 Å². The highest BCUT2D eigenvalue weighted by atomic mass is 16.5. The molecule has 0 amide bonds. The van der Waals surface area contributed by atoms with Gasteiger partial charge in [-0.25, -0.2) is 4.79 Å². The number of rotatable bonds is 7. The van der Waals surface area contributed by atoms with Crippen molar-refractivity contribution in [2.24, 2.45) is 0 Å². The van der Waals surface area contributed by atoms with E-state index in [1.165, 1.54) is 7.11 Å². The van der Waals surface area contributed by atoms with E-state index >= 15 is 0 Å². The van der Waals surface area contributed by atoms with Gasteiger partial charge in [-0.2, -0.15) is 0 Å². The highest BCUT2D eigenvalue weighted by molar-refractivity contribution is 5.73. The molecule has 0 unspecified atom stereocenters. The van der Waals surface area contributed by atoms with Crippen LogP contribution in [0.5, 0.6) is 11.5 Å². The maximum atomic E-state index is 11.2. The highest BCUT2D eigenvalue weighted by Crippen LogP contribution is 2.26. The maximum absolute atomic E-state index is 11.2. The zero-order valence-electron chi connectivity index (χ0n) is 11.7. The summed E-state index contributed by atoms with van der Waals surface area (Å²) in [6.07, 6.45) is -0.784. The molecule has 0 heterocycles. The number of carboxylic acids is 1. The van der Waals surface area contributed by atoms with Crippen LogP contribution in [0.3, 0.4) is 0 Å². The number of hydrogen-bond donors (Lipinski definition) is 1. The first-order chi connectivity index (χ1) is 8.97. The van der Waals surface area contributed by atoms with Crippen molar-refractivity contribution >= 4 is 5.97 Å². The van der Waals surface area contributed by atoms with Crippen LogP contribution in [0.2, 0.25) is 0 Å². The van der Waals surface area contributed by atoms with E-state index in [9.17, 15) is 4.79 Å². The molecule has 1 rings (SSSR count). The first-order valence-electron chi connectivity index (χ1n) is 6.07. The van der Waals surface area contributed by atoms with Crippen LogP contribution in [0.15, 0.2) is 18.2 Å². The second-order valence-corrected chi connectivity index (χ2v) is 4.39. The van der Waals surface area contributed by atoms with Gasteiger partial charge in [0.25, 0.3) is 0 Å². The van der Waals surface area contributed by atoms with E-state index in [1.54, 1.807) is 39.2 Å². The minimum Gasteiger partial charge on any atom is -0.497 e. The third kappa shape index (κ3) is 4.44. The van der Waals surface area contributed by atoms with E-state index in [0.717, 1.165) is 5.56 Å². The molecule has 0 radical (unpaired) electrons. The van der Waals surface area contributed by atoms with Gasteiger partial charge in [-0.15, -0.1) is 0 Å². The minimum absolute atomic E-state index is 0.148. The van der Waals surface area contributed by atoms with Crippen molar-refractivity contribution in [3.8, 4) is 11.5 Å². The molecular formula is C14H20O5. The normalized spacial score (nSPS) is 12.3. The molecule has 0 aliphatic rings. The van der Waals surface area contributed by atoms with Crippen LogP contribution in [0, 0.1) is 0 Å². The van der Waals surface area contributed by atoms with Crippen molar-refractivity contribution < 1.29 is 24.1 Å². The van der Waals surface area contributed by atoms with E-state index < -0.39 is 12.1 Å². The molecule has 19 heavy (non-hydrogen) atoms. The highest BCUT2D eigenvalue weighted by Gasteiger charge is 2.22. The molecule has 0 spiro atoms. The lowest BCUT2D eigenvalue weighted by molar-refractivity contribution is -0.153. The lowest BCUT2D eigenvalue weighted by atomic mass is 10.1. The van der Waals surface area contributed by atoms with Crippen molar-refractivity contribution in [2.75, 3.05) is 14.2 Å². The fourth-order valence-electron chi connectivity index (χ4n) is 1.74. The number of ether oxygens (including phenoxy) is 3. The van der Waals surface area contributed by atoms with E-state index in [4.69, 9.17) is 19.3 Å². The van der Waals surface area contributed by atoms with E-state index in [2.05, 4.69) is 0 Å². The molecular weight excluding hydrogens is 248 g/mol. The number of hydrogen-bond acceptors (Lipinski definition) is 4. The Morgan fingerprint density at radius 2 is 1.95 bits per heavy atom. The number of aliphatic carboxylic acids is 1. The summed E-state index contributed by atoms with van der Waals surface area (Å²) in [5.41, 5.74) is 0.774. The molecule has 1 aromatic rings. The van der Waals surface area contributed by atoms with Crippen molar-refractivity contribution in [1.29, 1.82) is 0 Å². The van der Waals surface area contributed by atoms with Gasteiger partial charge in [0.1, 0.15) is 11.5 Å². The first-order valence-corrected chi connectivity index (χ1v) is 6.07. The molecule has 0 fully saturated rings. The van der Waals surface area contributed by atoms with Gasteiger partial charge in [0, 0.05) is 12.5 Å². The molecule has 0 aromatic heterocycles. The van der Waals surface area contributed by atoms with Crippen LogP contribution in [-0.4, -0.2) is 37.5 Å². The lowest BCUT2D eigenvalue weighted by Gasteiger charge is -2.18. The standard InChI is InChI=1S/C14H20O5/c1-9(2)19-13(14(15)16)7-10-5-6-11(17-3)8-12(10)18-4/h5-6,8-9,13H,7H2,1-4H3,(H,15,16)/t13-/m1/s1. The fraction of sp³-hybridized carbons (Fsp3) is 0.500. The molecule has 1 N–H and O–H groups in total. The predicted molar refractivity (Wildman–Crippen MR) is 70.9 cm³/mol. The Hall–Kier alpha value is -1.75. The molecule has 0 aliphatic heterocycles. The molecule has 0 saturated heterocycles. The van der Waals surface area contributed by atoms with Gasteiger partial charge in [0.2, 0.25) is 0 Å². The maximum Gasteiger partial charge on any atom is 0.333 e. The topological polar surface area (TPSA) is 65.0 Å². The average Bonchev–Trinajstić information content (AvgIpc) is 2.37. The van der Waals surface area contributed by atoms with Crippen molar-refractivity contribution in [3.63, 3.8) is 0 Å². The van der Waals surface area contributed by atoms with Gasteiger partial charge in [0.15, 0.2) is 6.10 Å². The SMILES string of the molecule is COc1ccc(C[C@@H](OC(C)C)C(=O)O)c(OC)c1. The first kappa shape index (κ1) is 15.3. The Bertz CT molecular complexity index is 428. The summed E-state index contributed by atoms with van der Waals surface area (Å²) in [6, 6.07) is 5.28. The third-order valence-electron chi connectivity index (χ3n) is 2.61. The summed E-state index contributed by atoms with van der Waals surface area (Å²) in [6.45, 7) is 3.61. The summed E-state index contributed by atoms with van der Waals surface area (Å²) in [5.74, 6) is 0.279. The van der Waals surface area contributed by atoms with Crippen LogP contribution in [0.25, 0.3) is 0 Å². The van der Waals surface area contributed by atoms with Gasteiger partial charge in [-0.05, 0) is 25.5 Å². The number of benzene rings is 1. The molecule has 5 heteroatoms. The van der Waals surface area contributed by atoms with Crippen LogP contribution < -0.4 is 9.47 Å². The molecule has 1 atom stereocenters. The van der Waals surface area contributed by atoms with Gasteiger partial charge >= 0.3 is 5.97 Å². The Labute approximate surface area is 113 Å². The Kier molecular flexibility index (Phi) is 5.63. The fourth-order valence-corrected chi connectivity index (χ4v) is 1.74. The third-order valence-corrected chi connectivity index (χ3v) is 2.61. The Morgan fingerprint density at radius 1 is 1.26 bits per heavy atom. The molecule has 0 bridgehead atoms. The molecule has 106 valence electrons. The molecule has 5 nitrogen and oxygen atoms in total. The summed E-state index contributed by atoms with van der Waals surface area (Å²) in [5, 5.41) is 9.16. The summed E-state index contributed by atoms with van der Waals surface area (Å²) in [7, 11) is 3.10. The number of carboxylic acid groups (broad SMARTS) is 1. The van der Waals surface area contributed by atoms with Crippen molar-refractivity contribution in [2.45, 2.75) is 32.5 Å². The largest absolute Gasteiger partial charge is 0.497 e. The van der Waals surface area contributed by atoms with E-state index in [-0.39, 0.29) is 12.5 Å². The Morgan fingerprint density at radius 3 is 2.42 bits per heavy atom. The number of carbonyl (C=O) groups is 1. The van der Waals surface area contributed by atoms with Gasteiger partial charge in [-0.3, -0.25) is 0 Å². The average molecular weight is 268 g/mol. The zero-order chi connectivity index (χ0) is 14.4. The van der Waals surface area contributed by atoms with Crippen LogP contribution in [-0.2, 0) is 16.0 Å². The summed E-state index contributed by atoms with van der Waals surface area (Å²) in [4.78, 5) is 11.2. The van der Waals surface area contributed by atoms with Crippen LogP contribution in [0.1, 0.15) is 19.4 Å². The molecule has 0 aliphatic carbocycles. The summed E-state index contributed by atoms with van der Waals surface area (Å²) < 4.78 is 15.7. The smallest absolute Gasteiger partial charge is 0.333 e. The quantitative estimate of drug-likeness (QED) is 0.820. The summed E-state index contributed by atoms with van der Waals surface area (Å²) >= 11 is 0. The lowest BCUT2D eigenvalue weighted by Crippen LogP contribution is -2.29. The van der Waals surface area contributed by atoms with E-state index in [1.807, 2.05) is 0 Å². The molecule has 0 saturated carbocycles. The van der Waals surface area contributed by atoms with Crippen molar-refractivity contribution in [3.05, 3.63) is 23.8 Å². The molecule has 1 aromatic carbocycles. The predicted octanol–water partition coefficient (Wildman–Crippen LogP) is 2.12. The van der Waals surface area contributed by atoms with Crippen LogP contribution in [0.4, 0.5) is 0 Å². The zero-order valence-corrected chi connectivity index (χ0v) is 11.7. The van der Waals surface area contributed by atoms with Gasteiger partial charge < -0.3 is 19.3 Å². The second kappa shape index (κ2) is 6.99. The van der Waals surface area contributed by atoms with E-state index in [0.29, 0.717) is 11.5 Å².